The summed E-state index contributed by atoms with van der Waals surface area (Å²) in [6.45, 7) is 1.78. The van der Waals surface area contributed by atoms with Gasteiger partial charge in [0.2, 0.25) is 0 Å². The van der Waals surface area contributed by atoms with E-state index >= 15 is 0 Å². The monoisotopic (exact) mass is 336 g/mol. The van der Waals surface area contributed by atoms with Crippen molar-refractivity contribution in [2.75, 3.05) is 26.7 Å². The maximum Gasteiger partial charge on any atom is 0.320 e. The predicted octanol–water partition coefficient (Wildman–Crippen LogP) is 1.50. The first kappa shape index (κ1) is 16.7. The third-order valence-electron chi connectivity index (χ3n) is 5.17. The van der Waals surface area contributed by atoms with Gasteiger partial charge in [0.15, 0.2) is 11.6 Å². The summed E-state index contributed by atoms with van der Waals surface area (Å²) in [5, 5.41) is 12.2. The maximum atomic E-state index is 13.8. The molecule has 2 N–H and O–H groups in total. The van der Waals surface area contributed by atoms with E-state index in [1.54, 1.807) is 11.0 Å². The molecule has 1 aromatic rings. The van der Waals surface area contributed by atoms with Crippen LogP contribution in [0.15, 0.2) is 18.2 Å². The largest absolute Gasteiger partial charge is 0.494 e. The molecule has 2 heterocycles. The van der Waals surface area contributed by atoms with Crippen LogP contribution in [-0.2, 0) is 4.79 Å². The Balaban J connectivity index is 1.63. The van der Waals surface area contributed by atoms with E-state index in [2.05, 4.69) is 5.32 Å². The Labute approximate surface area is 139 Å². The first-order valence-corrected chi connectivity index (χ1v) is 8.03. The van der Waals surface area contributed by atoms with E-state index in [0.717, 1.165) is 12.8 Å². The summed E-state index contributed by atoms with van der Waals surface area (Å²) in [6, 6.07) is 3.71. The van der Waals surface area contributed by atoms with Gasteiger partial charge < -0.3 is 20.1 Å². The number of methoxy groups -OCH3 is 1. The Hall–Kier alpha value is -2.15. The van der Waals surface area contributed by atoms with Gasteiger partial charge in [0, 0.05) is 25.2 Å². The summed E-state index contributed by atoms with van der Waals surface area (Å²) in [6.07, 6.45) is 2.11. The van der Waals surface area contributed by atoms with E-state index in [0.29, 0.717) is 31.6 Å². The molecule has 3 rings (SSSR count). The van der Waals surface area contributed by atoms with Crippen molar-refractivity contribution in [2.45, 2.75) is 25.3 Å². The van der Waals surface area contributed by atoms with Gasteiger partial charge in [-0.25, -0.2) is 4.39 Å². The summed E-state index contributed by atoms with van der Waals surface area (Å²) < 4.78 is 18.6. The SMILES string of the molecule is COc1ccc(C(=O)N2CCC3(CC2)CN[C@@H](C(=O)O)C3)cc1F. The number of ether oxygens (including phenoxy) is 1. The number of nitrogens with zero attached hydrogens (tertiary/aromatic N) is 1. The van der Waals surface area contributed by atoms with Crippen molar-refractivity contribution in [1.29, 1.82) is 0 Å². The number of carbonyl (C=O) groups excluding carboxylic acids is 1. The summed E-state index contributed by atoms with van der Waals surface area (Å²) in [5.41, 5.74) is 0.252. The molecule has 0 unspecified atom stereocenters. The summed E-state index contributed by atoms with van der Waals surface area (Å²) in [7, 11) is 1.38. The zero-order chi connectivity index (χ0) is 17.3. The summed E-state index contributed by atoms with van der Waals surface area (Å²) >= 11 is 0. The lowest BCUT2D eigenvalue weighted by Crippen LogP contribution is -2.44. The van der Waals surface area contributed by atoms with E-state index in [9.17, 15) is 14.0 Å². The molecule has 2 aliphatic rings. The van der Waals surface area contributed by atoms with Gasteiger partial charge in [0.05, 0.1) is 7.11 Å². The van der Waals surface area contributed by atoms with Crippen LogP contribution in [0.5, 0.6) is 5.75 Å². The molecule has 1 aromatic carbocycles. The Morgan fingerprint density at radius 2 is 2.08 bits per heavy atom. The lowest BCUT2D eigenvalue weighted by molar-refractivity contribution is -0.139. The normalized spacial score (nSPS) is 22.6. The number of carboxylic acid groups (broad SMARTS) is 1. The number of piperidine rings is 1. The van der Waals surface area contributed by atoms with Crippen LogP contribution in [0.1, 0.15) is 29.6 Å². The first-order chi connectivity index (χ1) is 11.4. The number of likely N-dealkylation sites (tertiary alicyclic amines) is 1. The molecule has 130 valence electrons. The molecule has 2 saturated heterocycles. The Kier molecular flexibility index (Phi) is 4.45. The minimum Gasteiger partial charge on any atom is -0.494 e. The molecule has 1 spiro atoms. The van der Waals surface area contributed by atoms with E-state index in [-0.39, 0.29) is 17.1 Å². The van der Waals surface area contributed by atoms with Crippen molar-refractivity contribution < 1.29 is 23.8 Å². The zero-order valence-electron chi connectivity index (χ0n) is 13.5. The van der Waals surface area contributed by atoms with Crippen LogP contribution < -0.4 is 10.1 Å². The minimum atomic E-state index is -0.820. The van der Waals surface area contributed by atoms with Crippen LogP contribution in [0.4, 0.5) is 4.39 Å². The first-order valence-electron chi connectivity index (χ1n) is 8.03. The zero-order valence-corrected chi connectivity index (χ0v) is 13.5. The highest BCUT2D eigenvalue weighted by atomic mass is 19.1. The number of carbonyl (C=O) groups is 2. The number of nitrogens with one attached hydrogen (secondary N) is 1. The van der Waals surface area contributed by atoms with Gasteiger partial charge in [-0.3, -0.25) is 9.59 Å². The van der Waals surface area contributed by atoms with Gasteiger partial charge in [-0.1, -0.05) is 0 Å². The summed E-state index contributed by atoms with van der Waals surface area (Å²) in [4.78, 5) is 25.3. The van der Waals surface area contributed by atoms with Crippen molar-refractivity contribution in [2.24, 2.45) is 5.41 Å². The molecule has 0 saturated carbocycles. The topological polar surface area (TPSA) is 78.9 Å². The molecule has 0 radical (unpaired) electrons. The average Bonchev–Trinajstić information content (AvgIpc) is 2.99. The number of hydrogen-bond donors (Lipinski definition) is 2. The van der Waals surface area contributed by atoms with Gasteiger partial charge in [-0.05, 0) is 42.9 Å². The average molecular weight is 336 g/mol. The smallest absolute Gasteiger partial charge is 0.320 e. The molecular weight excluding hydrogens is 315 g/mol. The van der Waals surface area contributed by atoms with Crippen LogP contribution in [0.2, 0.25) is 0 Å². The second-order valence-electron chi connectivity index (χ2n) is 6.62. The van der Waals surface area contributed by atoms with Gasteiger partial charge in [-0.2, -0.15) is 0 Å². The molecule has 6 nitrogen and oxygen atoms in total. The van der Waals surface area contributed by atoms with Crippen LogP contribution in [0, 0.1) is 11.2 Å². The van der Waals surface area contributed by atoms with Crippen LogP contribution in [0.3, 0.4) is 0 Å². The van der Waals surface area contributed by atoms with Crippen LogP contribution in [-0.4, -0.2) is 54.7 Å². The lowest BCUT2D eigenvalue weighted by atomic mass is 9.76. The fourth-order valence-electron chi connectivity index (χ4n) is 3.64. The fourth-order valence-corrected chi connectivity index (χ4v) is 3.64. The maximum absolute atomic E-state index is 13.8. The van der Waals surface area contributed by atoms with E-state index < -0.39 is 17.8 Å². The highest BCUT2D eigenvalue weighted by molar-refractivity contribution is 5.94. The van der Waals surface area contributed by atoms with Crippen LogP contribution >= 0.6 is 0 Å². The molecule has 0 aromatic heterocycles. The highest BCUT2D eigenvalue weighted by Crippen LogP contribution is 2.39. The molecule has 0 bridgehead atoms. The van der Waals surface area contributed by atoms with Gasteiger partial charge in [0.25, 0.3) is 5.91 Å². The molecule has 2 fully saturated rings. The van der Waals surface area contributed by atoms with Crippen LogP contribution in [0.25, 0.3) is 0 Å². The molecule has 7 heteroatoms. The number of amides is 1. The minimum absolute atomic E-state index is 0.0506. The molecular formula is C17H21FN2O4. The predicted molar refractivity (Wildman–Crippen MR) is 84.6 cm³/mol. The van der Waals surface area contributed by atoms with E-state index in [1.165, 1.54) is 19.2 Å². The van der Waals surface area contributed by atoms with Crippen molar-refractivity contribution in [3.63, 3.8) is 0 Å². The van der Waals surface area contributed by atoms with Gasteiger partial charge in [0.1, 0.15) is 6.04 Å². The standard InChI is InChI=1S/C17H21FN2O4/c1-24-14-3-2-11(8-12(14)18)15(21)20-6-4-17(5-7-20)9-13(16(22)23)19-10-17/h2-3,8,13,19H,4-7,9-10H2,1H3,(H,22,23)/t13-/m1/s1. The Bertz CT molecular complexity index is 656. The van der Waals surface area contributed by atoms with Crippen molar-refractivity contribution in [3.8, 4) is 5.75 Å². The fraction of sp³-hybridized carbons (Fsp3) is 0.529. The van der Waals surface area contributed by atoms with Gasteiger partial charge >= 0.3 is 5.97 Å². The number of halogens is 1. The summed E-state index contributed by atoms with van der Waals surface area (Å²) in [5.74, 6) is -1.46. The van der Waals surface area contributed by atoms with E-state index in [4.69, 9.17) is 9.84 Å². The number of aliphatic carboxylic acids is 1. The Morgan fingerprint density at radius 1 is 1.38 bits per heavy atom. The number of rotatable bonds is 3. The van der Waals surface area contributed by atoms with Crippen molar-refractivity contribution in [3.05, 3.63) is 29.6 Å². The third-order valence-corrected chi connectivity index (χ3v) is 5.17. The molecule has 1 amide bonds. The second-order valence-corrected chi connectivity index (χ2v) is 6.62. The van der Waals surface area contributed by atoms with Crippen molar-refractivity contribution in [1.82, 2.24) is 10.2 Å². The molecule has 2 aliphatic heterocycles. The molecule has 0 aliphatic carbocycles. The van der Waals surface area contributed by atoms with Gasteiger partial charge in [-0.15, -0.1) is 0 Å². The Morgan fingerprint density at radius 3 is 2.62 bits per heavy atom. The quantitative estimate of drug-likeness (QED) is 0.875. The van der Waals surface area contributed by atoms with Crippen molar-refractivity contribution >= 4 is 11.9 Å². The molecule has 24 heavy (non-hydrogen) atoms. The third kappa shape index (κ3) is 3.08. The number of hydrogen-bond acceptors (Lipinski definition) is 4. The van der Waals surface area contributed by atoms with E-state index in [1.807, 2.05) is 0 Å². The number of carboxylic acids is 1. The lowest BCUT2D eigenvalue weighted by Gasteiger charge is -2.39. The molecule has 1 atom stereocenters. The number of benzene rings is 1. The highest BCUT2D eigenvalue weighted by Gasteiger charge is 2.44. The second kappa shape index (κ2) is 6.39.